The molecular formula is C8H8O2S. The van der Waals surface area contributed by atoms with E-state index in [1.165, 1.54) is 18.3 Å². The molecule has 0 atom stereocenters. The highest BCUT2D eigenvalue weighted by atomic mass is 32.1. The van der Waals surface area contributed by atoms with Gasteiger partial charge in [-0.25, -0.2) is 0 Å². The molecule has 0 fully saturated rings. The van der Waals surface area contributed by atoms with Gasteiger partial charge in [-0.15, -0.1) is 11.3 Å². The summed E-state index contributed by atoms with van der Waals surface area (Å²) in [6, 6.07) is 1.83. The molecule has 0 radical (unpaired) electrons. The molecule has 0 aliphatic rings. The minimum absolute atomic E-state index is 0.377. The van der Waals surface area contributed by atoms with Crippen LogP contribution >= 0.6 is 11.3 Å². The summed E-state index contributed by atoms with van der Waals surface area (Å²) in [4.78, 5) is 22.3. The summed E-state index contributed by atoms with van der Waals surface area (Å²) in [5.74, 6) is -0.770. The summed E-state index contributed by atoms with van der Waals surface area (Å²) in [6.45, 7) is 3.12. The molecule has 0 aromatic carbocycles. The maximum atomic E-state index is 11.1. The van der Waals surface area contributed by atoms with E-state index >= 15 is 0 Å². The standard InChI is InChI=1S/C8H8O2S/c1-5-3-4-11-8(5)7(10)6(2)9/h3-4H,1-2H3. The third kappa shape index (κ3) is 1.54. The Balaban J connectivity index is 3.02. The van der Waals surface area contributed by atoms with Gasteiger partial charge in [-0.1, -0.05) is 0 Å². The highest BCUT2D eigenvalue weighted by Crippen LogP contribution is 2.16. The highest BCUT2D eigenvalue weighted by molar-refractivity contribution is 7.13. The number of thiophene rings is 1. The second-order valence-corrected chi connectivity index (χ2v) is 3.23. The maximum Gasteiger partial charge on any atom is 0.238 e. The van der Waals surface area contributed by atoms with Crippen molar-refractivity contribution in [3.8, 4) is 0 Å². The molecule has 0 unspecified atom stereocenters. The van der Waals surface area contributed by atoms with Crippen LogP contribution in [0.3, 0.4) is 0 Å². The normalized spacial score (nSPS) is 9.64. The molecule has 0 spiro atoms. The van der Waals surface area contributed by atoms with Gasteiger partial charge in [0.25, 0.3) is 0 Å². The van der Waals surface area contributed by atoms with Crippen molar-refractivity contribution in [2.75, 3.05) is 0 Å². The first-order chi connectivity index (χ1) is 5.13. The summed E-state index contributed by atoms with van der Waals surface area (Å²) in [6.07, 6.45) is 0. The summed E-state index contributed by atoms with van der Waals surface area (Å²) in [5.41, 5.74) is 0.884. The van der Waals surface area contributed by atoms with Gasteiger partial charge >= 0.3 is 0 Å². The van der Waals surface area contributed by atoms with Gasteiger partial charge < -0.3 is 0 Å². The molecule has 0 saturated carbocycles. The van der Waals surface area contributed by atoms with E-state index in [0.717, 1.165) is 5.56 Å². The Hall–Kier alpha value is -0.960. The first kappa shape index (κ1) is 8.14. The summed E-state index contributed by atoms with van der Waals surface area (Å²) in [5, 5.41) is 1.81. The van der Waals surface area contributed by atoms with E-state index in [2.05, 4.69) is 0 Å². The Bertz CT molecular complexity index is 299. The minimum atomic E-state index is -0.393. The zero-order chi connectivity index (χ0) is 8.43. The molecule has 11 heavy (non-hydrogen) atoms. The lowest BCUT2D eigenvalue weighted by atomic mass is 10.2. The van der Waals surface area contributed by atoms with Crippen molar-refractivity contribution >= 4 is 22.9 Å². The molecule has 1 aromatic heterocycles. The summed E-state index contributed by atoms with van der Waals surface area (Å²) in [7, 11) is 0. The smallest absolute Gasteiger partial charge is 0.238 e. The van der Waals surface area contributed by atoms with Crippen LogP contribution < -0.4 is 0 Å². The van der Waals surface area contributed by atoms with E-state index < -0.39 is 5.78 Å². The molecule has 0 bridgehead atoms. The number of Topliss-reactive ketones (excluding diaryl/α,β-unsaturated/α-hetero) is 2. The molecule has 3 heteroatoms. The second kappa shape index (κ2) is 2.96. The topological polar surface area (TPSA) is 34.1 Å². The number of rotatable bonds is 2. The number of hydrogen-bond donors (Lipinski definition) is 0. The Labute approximate surface area is 68.9 Å². The van der Waals surface area contributed by atoms with Gasteiger partial charge in [-0.05, 0) is 23.9 Å². The van der Waals surface area contributed by atoms with E-state index in [1.807, 2.05) is 18.4 Å². The van der Waals surface area contributed by atoms with Gasteiger partial charge in [-0.2, -0.15) is 0 Å². The van der Waals surface area contributed by atoms with E-state index in [-0.39, 0.29) is 5.78 Å². The molecular weight excluding hydrogens is 160 g/mol. The van der Waals surface area contributed by atoms with Crippen LogP contribution in [0.15, 0.2) is 11.4 Å². The van der Waals surface area contributed by atoms with Crippen LogP contribution in [0.5, 0.6) is 0 Å². The molecule has 1 aromatic rings. The van der Waals surface area contributed by atoms with Gasteiger partial charge in [0.15, 0.2) is 0 Å². The Kier molecular flexibility index (Phi) is 2.19. The molecule has 0 N–H and O–H groups in total. The molecule has 0 amide bonds. The van der Waals surface area contributed by atoms with Crippen molar-refractivity contribution in [2.24, 2.45) is 0 Å². The number of hydrogen-bond acceptors (Lipinski definition) is 3. The monoisotopic (exact) mass is 168 g/mol. The van der Waals surface area contributed by atoms with Crippen LogP contribution in [0.4, 0.5) is 0 Å². The van der Waals surface area contributed by atoms with Gasteiger partial charge in [0.05, 0.1) is 4.88 Å². The SMILES string of the molecule is CC(=O)C(=O)c1sccc1C. The van der Waals surface area contributed by atoms with Gasteiger partial charge in [0.1, 0.15) is 0 Å². The third-order valence-corrected chi connectivity index (χ3v) is 2.40. The van der Waals surface area contributed by atoms with E-state index in [0.29, 0.717) is 4.88 Å². The lowest BCUT2D eigenvalue weighted by Crippen LogP contribution is -2.08. The van der Waals surface area contributed by atoms with Crippen LogP contribution in [0.25, 0.3) is 0 Å². The number of carbonyl (C=O) groups is 2. The van der Waals surface area contributed by atoms with Gasteiger partial charge in [0, 0.05) is 6.92 Å². The Morgan fingerprint density at radius 2 is 2.09 bits per heavy atom. The Morgan fingerprint density at radius 1 is 1.45 bits per heavy atom. The van der Waals surface area contributed by atoms with Gasteiger partial charge in [-0.3, -0.25) is 9.59 Å². The zero-order valence-electron chi connectivity index (χ0n) is 6.38. The van der Waals surface area contributed by atoms with Crippen LogP contribution in [-0.2, 0) is 4.79 Å². The van der Waals surface area contributed by atoms with Crippen molar-refractivity contribution < 1.29 is 9.59 Å². The van der Waals surface area contributed by atoms with E-state index in [4.69, 9.17) is 0 Å². The zero-order valence-corrected chi connectivity index (χ0v) is 7.20. The maximum absolute atomic E-state index is 11.1. The minimum Gasteiger partial charge on any atom is -0.291 e. The molecule has 0 aliphatic carbocycles. The third-order valence-electron chi connectivity index (χ3n) is 1.39. The van der Waals surface area contributed by atoms with Crippen molar-refractivity contribution in [3.63, 3.8) is 0 Å². The number of carbonyl (C=O) groups excluding carboxylic acids is 2. The quantitative estimate of drug-likeness (QED) is 0.498. The number of aryl methyl sites for hydroxylation is 1. The summed E-state index contributed by atoms with van der Waals surface area (Å²) < 4.78 is 0. The lowest BCUT2D eigenvalue weighted by Gasteiger charge is -1.91. The molecule has 1 rings (SSSR count). The van der Waals surface area contributed by atoms with Crippen LogP contribution in [-0.4, -0.2) is 11.6 Å². The first-order valence-electron chi connectivity index (χ1n) is 3.22. The molecule has 58 valence electrons. The highest BCUT2D eigenvalue weighted by Gasteiger charge is 2.14. The van der Waals surface area contributed by atoms with Crippen LogP contribution in [0, 0.1) is 6.92 Å². The Morgan fingerprint density at radius 3 is 2.45 bits per heavy atom. The predicted octanol–water partition coefficient (Wildman–Crippen LogP) is 1.83. The molecule has 1 heterocycles. The number of ketones is 2. The molecule has 2 nitrogen and oxygen atoms in total. The lowest BCUT2D eigenvalue weighted by molar-refractivity contribution is -0.113. The van der Waals surface area contributed by atoms with Crippen LogP contribution in [0.2, 0.25) is 0 Å². The average Bonchev–Trinajstić information content (AvgIpc) is 2.33. The van der Waals surface area contributed by atoms with Gasteiger partial charge in [0.2, 0.25) is 11.6 Å². The van der Waals surface area contributed by atoms with Crippen LogP contribution in [0.1, 0.15) is 22.2 Å². The largest absolute Gasteiger partial charge is 0.291 e. The fourth-order valence-corrected chi connectivity index (χ4v) is 1.68. The average molecular weight is 168 g/mol. The van der Waals surface area contributed by atoms with Crippen molar-refractivity contribution in [1.82, 2.24) is 0 Å². The predicted molar refractivity (Wildman–Crippen MR) is 44.1 cm³/mol. The van der Waals surface area contributed by atoms with Crippen molar-refractivity contribution in [2.45, 2.75) is 13.8 Å². The van der Waals surface area contributed by atoms with E-state index in [9.17, 15) is 9.59 Å². The molecule has 0 saturated heterocycles. The van der Waals surface area contributed by atoms with Crippen molar-refractivity contribution in [3.05, 3.63) is 21.9 Å². The van der Waals surface area contributed by atoms with Crippen molar-refractivity contribution in [1.29, 1.82) is 0 Å². The first-order valence-corrected chi connectivity index (χ1v) is 4.10. The fraction of sp³-hybridized carbons (Fsp3) is 0.250. The fourth-order valence-electron chi connectivity index (χ4n) is 0.765. The second-order valence-electron chi connectivity index (χ2n) is 2.32. The molecule has 0 aliphatic heterocycles. The summed E-state index contributed by atoms with van der Waals surface area (Å²) >= 11 is 1.32. The van der Waals surface area contributed by atoms with E-state index in [1.54, 1.807) is 0 Å².